The number of carbonyl (C=O) groups excluding carboxylic acids is 3. The first kappa shape index (κ1) is 13.9. The summed E-state index contributed by atoms with van der Waals surface area (Å²) in [6.45, 7) is 1.34. The second kappa shape index (κ2) is 5.03. The molecule has 0 aromatic rings. The van der Waals surface area contributed by atoms with Crippen molar-refractivity contribution in [2.45, 2.75) is 25.4 Å². The molecule has 8 nitrogen and oxygen atoms in total. The molecule has 1 saturated heterocycles. The van der Waals surface area contributed by atoms with Crippen LogP contribution in [0.25, 0.3) is 0 Å². The molecule has 0 aliphatic carbocycles. The monoisotopic (exact) mass is 257 g/mol. The molecule has 2 unspecified atom stereocenters. The molecule has 1 heterocycles. The number of urea groups is 1. The molecule has 0 aromatic heterocycles. The van der Waals surface area contributed by atoms with Gasteiger partial charge < -0.3 is 15.3 Å². The number of likely N-dealkylation sites (tertiary alicyclic amines) is 1. The van der Waals surface area contributed by atoms with E-state index in [0.717, 1.165) is 9.80 Å². The summed E-state index contributed by atoms with van der Waals surface area (Å²) < 4.78 is 0. The van der Waals surface area contributed by atoms with E-state index in [4.69, 9.17) is 5.11 Å². The van der Waals surface area contributed by atoms with E-state index in [1.165, 1.54) is 21.0 Å². The number of carbonyl (C=O) groups is 4. The van der Waals surface area contributed by atoms with Crippen molar-refractivity contribution < 1.29 is 24.3 Å². The average Bonchev–Trinajstić information content (AvgIpc) is 2.54. The standard InChI is InChI=1S/C10H15N3O5/c1-5(9(16)17)12(2)10(18)11-6-4-7(14)13(3)8(6)15/h5-6H,4H2,1-3H3,(H,11,18)(H,16,17). The van der Waals surface area contributed by atoms with Crippen LogP contribution in [0, 0.1) is 0 Å². The Morgan fingerprint density at radius 1 is 1.50 bits per heavy atom. The molecule has 0 saturated carbocycles. The first-order chi connectivity index (χ1) is 8.25. The Bertz CT molecular complexity index is 408. The van der Waals surface area contributed by atoms with Crippen LogP contribution in [0.15, 0.2) is 0 Å². The Hall–Kier alpha value is -2.12. The zero-order valence-corrected chi connectivity index (χ0v) is 10.3. The maximum Gasteiger partial charge on any atom is 0.326 e. The maximum absolute atomic E-state index is 11.7. The van der Waals surface area contributed by atoms with Gasteiger partial charge >= 0.3 is 12.0 Å². The van der Waals surface area contributed by atoms with Gasteiger partial charge in [0.15, 0.2) is 0 Å². The van der Waals surface area contributed by atoms with Crippen LogP contribution in [0.3, 0.4) is 0 Å². The van der Waals surface area contributed by atoms with Crippen LogP contribution in [0.4, 0.5) is 4.79 Å². The number of rotatable bonds is 3. The summed E-state index contributed by atoms with van der Waals surface area (Å²) >= 11 is 0. The highest BCUT2D eigenvalue weighted by Gasteiger charge is 2.38. The zero-order valence-electron chi connectivity index (χ0n) is 10.3. The Kier molecular flexibility index (Phi) is 3.89. The van der Waals surface area contributed by atoms with Crippen molar-refractivity contribution in [3.8, 4) is 0 Å². The molecular weight excluding hydrogens is 242 g/mol. The summed E-state index contributed by atoms with van der Waals surface area (Å²) in [5.74, 6) is -2.03. The summed E-state index contributed by atoms with van der Waals surface area (Å²) in [7, 11) is 2.64. The van der Waals surface area contributed by atoms with E-state index >= 15 is 0 Å². The average molecular weight is 257 g/mol. The minimum atomic E-state index is -1.15. The van der Waals surface area contributed by atoms with Crippen LogP contribution in [0.2, 0.25) is 0 Å². The second-order valence-corrected chi connectivity index (χ2v) is 4.12. The van der Waals surface area contributed by atoms with E-state index in [1.807, 2.05) is 0 Å². The fourth-order valence-electron chi connectivity index (χ4n) is 1.46. The molecule has 1 rings (SSSR count). The van der Waals surface area contributed by atoms with Gasteiger partial charge in [-0.2, -0.15) is 0 Å². The van der Waals surface area contributed by atoms with Gasteiger partial charge in [-0.25, -0.2) is 9.59 Å². The molecule has 1 fully saturated rings. The third-order valence-electron chi connectivity index (χ3n) is 2.94. The Labute approximate surface area is 104 Å². The van der Waals surface area contributed by atoms with Crippen molar-refractivity contribution in [3.05, 3.63) is 0 Å². The topological polar surface area (TPSA) is 107 Å². The van der Waals surface area contributed by atoms with Crippen molar-refractivity contribution in [1.82, 2.24) is 15.1 Å². The molecule has 4 amide bonds. The van der Waals surface area contributed by atoms with Gasteiger partial charge in [0.2, 0.25) is 5.91 Å². The fraction of sp³-hybridized carbons (Fsp3) is 0.600. The van der Waals surface area contributed by atoms with Crippen molar-refractivity contribution in [3.63, 3.8) is 0 Å². The lowest BCUT2D eigenvalue weighted by atomic mass is 10.2. The number of aliphatic carboxylic acids is 1. The first-order valence-corrected chi connectivity index (χ1v) is 5.32. The van der Waals surface area contributed by atoms with Crippen molar-refractivity contribution in [1.29, 1.82) is 0 Å². The summed E-state index contributed by atoms with van der Waals surface area (Å²) in [6.07, 6.45) is -0.101. The van der Waals surface area contributed by atoms with Gasteiger partial charge in [0, 0.05) is 14.1 Å². The van der Waals surface area contributed by atoms with E-state index in [-0.39, 0.29) is 12.3 Å². The van der Waals surface area contributed by atoms with Gasteiger partial charge in [0.1, 0.15) is 12.1 Å². The molecule has 2 atom stereocenters. The summed E-state index contributed by atoms with van der Waals surface area (Å²) in [6, 6.07) is -2.64. The third-order valence-corrected chi connectivity index (χ3v) is 2.94. The Morgan fingerprint density at radius 3 is 2.44 bits per heavy atom. The molecule has 8 heteroatoms. The molecule has 1 aliphatic rings. The Morgan fingerprint density at radius 2 is 2.06 bits per heavy atom. The summed E-state index contributed by atoms with van der Waals surface area (Å²) in [4.78, 5) is 47.0. The molecular formula is C10H15N3O5. The summed E-state index contributed by atoms with van der Waals surface area (Å²) in [5, 5.41) is 11.1. The number of hydrogen-bond acceptors (Lipinski definition) is 4. The number of imide groups is 1. The Balaban J connectivity index is 2.64. The molecule has 1 aliphatic heterocycles. The minimum absolute atomic E-state index is 0.101. The second-order valence-electron chi connectivity index (χ2n) is 4.12. The number of nitrogens with one attached hydrogen (secondary N) is 1. The molecule has 0 bridgehead atoms. The fourth-order valence-corrected chi connectivity index (χ4v) is 1.46. The van der Waals surface area contributed by atoms with E-state index in [9.17, 15) is 19.2 Å². The van der Waals surface area contributed by atoms with Crippen molar-refractivity contribution in [2.24, 2.45) is 0 Å². The maximum atomic E-state index is 11.7. The number of carboxylic acid groups (broad SMARTS) is 1. The van der Waals surface area contributed by atoms with E-state index < -0.39 is 30.0 Å². The van der Waals surface area contributed by atoms with Gasteiger partial charge in [-0.1, -0.05) is 0 Å². The van der Waals surface area contributed by atoms with E-state index in [0.29, 0.717) is 0 Å². The molecule has 0 radical (unpaired) electrons. The highest BCUT2D eigenvalue weighted by atomic mass is 16.4. The molecule has 100 valence electrons. The SMILES string of the molecule is CC(C(=O)O)N(C)C(=O)NC1CC(=O)N(C)C1=O. The molecule has 0 spiro atoms. The van der Waals surface area contributed by atoms with E-state index in [2.05, 4.69) is 5.32 Å². The quantitative estimate of drug-likeness (QED) is 0.621. The lowest BCUT2D eigenvalue weighted by Gasteiger charge is -2.23. The van der Waals surface area contributed by atoms with E-state index in [1.54, 1.807) is 0 Å². The smallest absolute Gasteiger partial charge is 0.326 e. The number of nitrogens with zero attached hydrogens (tertiary/aromatic N) is 2. The normalized spacial score (nSPS) is 20.8. The lowest BCUT2D eigenvalue weighted by Crippen LogP contribution is -2.50. The predicted octanol–water partition coefficient (Wildman–Crippen LogP) is -1.14. The highest BCUT2D eigenvalue weighted by molar-refractivity contribution is 6.06. The van der Waals surface area contributed by atoms with Crippen LogP contribution in [0.1, 0.15) is 13.3 Å². The van der Waals surface area contributed by atoms with Crippen LogP contribution >= 0.6 is 0 Å². The number of hydrogen-bond donors (Lipinski definition) is 2. The number of carboxylic acids is 1. The first-order valence-electron chi connectivity index (χ1n) is 5.32. The molecule has 0 aromatic carbocycles. The number of amides is 4. The van der Waals surface area contributed by atoms with Gasteiger partial charge in [0.05, 0.1) is 6.42 Å². The zero-order chi connectivity index (χ0) is 14.0. The minimum Gasteiger partial charge on any atom is -0.480 e. The van der Waals surface area contributed by atoms with Gasteiger partial charge in [0.25, 0.3) is 5.91 Å². The third kappa shape index (κ3) is 2.58. The van der Waals surface area contributed by atoms with Gasteiger partial charge in [-0.15, -0.1) is 0 Å². The molecule has 2 N–H and O–H groups in total. The van der Waals surface area contributed by atoms with Crippen LogP contribution in [-0.4, -0.2) is 64.9 Å². The summed E-state index contributed by atoms with van der Waals surface area (Å²) in [5.41, 5.74) is 0. The lowest BCUT2D eigenvalue weighted by molar-refractivity contribution is -0.141. The van der Waals surface area contributed by atoms with Crippen LogP contribution in [-0.2, 0) is 14.4 Å². The van der Waals surface area contributed by atoms with Crippen LogP contribution < -0.4 is 5.32 Å². The van der Waals surface area contributed by atoms with Crippen molar-refractivity contribution >= 4 is 23.8 Å². The largest absolute Gasteiger partial charge is 0.480 e. The predicted molar refractivity (Wildman–Crippen MR) is 59.6 cm³/mol. The number of likely N-dealkylation sites (N-methyl/N-ethyl adjacent to an activating group) is 2. The van der Waals surface area contributed by atoms with Gasteiger partial charge in [-0.3, -0.25) is 14.5 Å². The molecule has 18 heavy (non-hydrogen) atoms. The van der Waals surface area contributed by atoms with Crippen LogP contribution in [0.5, 0.6) is 0 Å². The van der Waals surface area contributed by atoms with Gasteiger partial charge in [-0.05, 0) is 6.92 Å². The van der Waals surface area contributed by atoms with Crippen molar-refractivity contribution in [2.75, 3.05) is 14.1 Å². The highest BCUT2D eigenvalue weighted by Crippen LogP contribution is 2.11.